The predicted octanol–water partition coefficient (Wildman–Crippen LogP) is 4.93. The largest absolute Gasteiger partial charge is 0.496 e. The number of pyridine rings is 2. The van der Waals surface area contributed by atoms with Gasteiger partial charge in [0.05, 0.1) is 45.3 Å². The van der Waals surface area contributed by atoms with Crippen molar-refractivity contribution >= 4 is 23.0 Å². The molecule has 10 nitrogen and oxygen atoms in total. The number of benzene rings is 1. The highest BCUT2D eigenvalue weighted by Crippen LogP contribution is 2.36. The Morgan fingerprint density at radius 1 is 1.00 bits per heavy atom. The van der Waals surface area contributed by atoms with Gasteiger partial charge in [-0.2, -0.15) is 5.10 Å². The molecule has 1 aromatic carbocycles. The minimum absolute atomic E-state index is 0.0608. The Labute approximate surface area is 226 Å². The van der Waals surface area contributed by atoms with Gasteiger partial charge in [0.15, 0.2) is 5.82 Å². The van der Waals surface area contributed by atoms with Crippen molar-refractivity contribution in [3.63, 3.8) is 0 Å². The fourth-order valence-corrected chi connectivity index (χ4v) is 4.87. The minimum Gasteiger partial charge on any atom is -0.496 e. The molecule has 0 unspecified atom stereocenters. The van der Waals surface area contributed by atoms with Crippen LogP contribution in [0.1, 0.15) is 41.7 Å². The Kier molecular flexibility index (Phi) is 7.56. The number of anilines is 2. The Balaban J connectivity index is 1.43. The maximum atomic E-state index is 12.2. The molecule has 0 radical (unpaired) electrons. The van der Waals surface area contributed by atoms with Crippen molar-refractivity contribution in [2.45, 2.75) is 44.8 Å². The quantitative estimate of drug-likeness (QED) is 0.305. The molecule has 39 heavy (non-hydrogen) atoms. The third-order valence-electron chi connectivity index (χ3n) is 6.88. The first kappa shape index (κ1) is 26.3. The smallest absolute Gasteiger partial charge is 0.345 e. The molecule has 0 bridgehead atoms. The Bertz CT molecular complexity index is 1470. The average Bonchev–Trinajstić information content (AvgIpc) is 3.35. The Morgan fingerprint density at radius 3 is 2.38 bits per heavy atom. The Morgan fingerprint density at radius 2 is 1.72 bits per heavy atom. The van der Waals surface area contributed by atoms with E-state index in [1.807, 2.05) is 37.4 Å². The number of aliphatic hydroxyl groups is 1. The first-order valence-corrected chi connectivity index (χ1v) is 12.8. The number of carbonyl (C=O) groups excluding carboxylic acids is 1. The number of esters is 1. The van der Waals surface area contributed by atoms with Gasteiger partial charge in [-0.3, -0.25) is 4.98 Å². The number of aliphatic hydroxyl groups excluding tert-OH is 1. The summed E-state index contributed by atoms with van der Waals surface area (Å²) in [5.41, 5.74) is 4.56. The fraction of sp³-hybridized carbons (Fsp3) is 0.345. The van der Waals surface area contributed by atoms with Crippen LogP contribution in [0.15, 0.2) is 48.8 Å². The zero-order valence-electron chi connectivity index (χ0n) is 22.4. The second-order valence-electron chi connectivity index (χ2n) is 9.56. The molecule has 1 aliphatic rings. The normalized spacial score (nSPS) is 17.1. The van der Waals surface area contributed by atoms with Crippen molar-refractivity contribution in [2.24, 2.45) is 0 Å². The fourth-order valence-electron chi connectivity index (χ4n) is 4.87. The molecule has 0 aliphatic heterocycles. The van der Waals surface area contributed by atoms with E-state index in [0.29, 0.717) is 23.0 Å². The number of rotatable bonds is 8. The molecule has 204 valence electrons. The highest BCUT2D eigenvalue weighted by Gasteiger charge is 2.23. The zero-order chi connectivity index (χ0) is 27.5. The molecule has 1 aliphatic carbocycles. The molecule has 1 saturated carbocycles. The van der Waals surface area contributed by atoms with Crippen LogP contribution in [0.4, 0.5) is 11.5 Å². The molecule has 2 N–H and O–H groups in total. The van der Waals surface area contributed by atoms with Gasteiger partial charge in [0.1, 0.15) is 22.8 Å². The van der Waals surface area contributed by atoms with E-state index in [4.69, 9.17) is 18.9 Å². The van der Waals surface area contributed by atoms with E-state index >= 15 is 0 Å². The van der Waals surface area contributed by atoms with Crippen LogP contribution in [-0.4, -0.2) is 59.2 Å². The van der Waals surface area contributed by atoms with Crippen LogP contribution in [0.3, 0.4) is 0 Å². The summed E-state index contributed by atoms with van der Waals surface area (Å²) >= 11 is 0. The maximum absolute atomic E-state index is 12.2. The van der Waals surface area contributed by atoms with Gasteiger partial charge in [0.2, 0.25) is 0 Å². The SMILES string of the molecule is COC(=O)c1c(OC)cc(Nc2cc3cc(-c4cc(C)ncc4OC4CCC(O)CC4)ccn3n2)cc1OC. The van der Waals surface area contributed by atoms with Crippen LogP contribution >= 0.6 is 0 Å². The number of hydrogen-bond acceptors (Lipinski definition) is 9. The number of aromatic nitrogens is 3. The van der Waals surface area contributed by atoms with Gasteiger partial charge in [0, 0.05) is 41.3 Å². The van der Waals surface area contributed by atoms with Crippen LogP contribution in [-0.2, 0) is 4.74 Å². The summed E-state index contributed by atoms with van der Waals surface area (Å²) in [6, 6.07) is 11.4. The molecular weight excluding hydrogens is 500 g/mol. The second-order valence-corrected chi connectivity index (χ2v) is 9.56. The molecule has 3 heterocycles. The molecule has 1 fully saturated rings. The summed E-state index contributed by atoms with van der Waals surface area (Å²) in [6.45, 7) is 1.96. The summed E-state index contributed by atoms with van der Waals surface area (Å²) < 4.78 is 23.8. The van der Waals surface area contributed by atoms with Crippen molar-refractivity contribution in [3.05, 3.63) is 60.0 Å². The first-order chi connectivity index (χ1) is 18.9. The van der Waals surface area contributed by atoms with E-state index < -0.39 is 5.97 Å². The van der Waals surface area contributed by atoms with Crippen molar-refractivity contribution in [3.8, 4) is 28.4 Å². The third kappa shape index (κ3) is 5.61. The summed E-state index contributed by atoms with van der Waals surface area (Å²) in [5.74, 6) is 1.43. The van der Waals surface area contributed by atoms with Gasteiger partial charge in [-0.05, 0) is 56.4 Å². The molecule has 3 aromatic heterocycles. The minimum atomic E-state index is -0.550. The average molecular weight is 533 g/mol. The Hall–Kier alpha value is -4.31. The number of aryl methyl sites for hydroxylation is 1. The van der Waals surface area contributed by atoms with E-state index in [9.17, 15) is 9.90 Å². The van der Waals surface area contributed by atoms with Crippen LogP contribution in [0.5, 0.6) is 17.2 Å². The number of nitrogens with zero attached hydrogens (tertiary/aromatic N) is 3. The van der Waals surface area contributed by atoms with E-state index in [1.54, 1.807) is 22.8 Å². The highest BCUT2D eigenvalue weighted by molar-refractivity contribution is 5.96. The molecule has 10 heteroatoms. The van der Waals surface area contributed by atoms with Crippen molar-refractivity contribution in [2.75, 3.05) is 26.6 Å². The van der Waals surface area contributed by atoms with Crippen molar-refractivity contribution < 1.29 is 28.8 Å². The molecule has 4 aromatic rings. The maximum Gasteiger partial charge on any atom is 0.345 e. The van der Waals surface area contributed by atoms with Gasteiger partial charge in [-0.15, -0.1) is 0 Å². The first-order valence-electron chi connectivity index (χ1n) is 12.8. The number of carbonyl (C=O) groups is 1. The third-order valence-corrected chi connectivity index (χ3v) is 6.88. The standard InChI is InChI=1S/C29H32N4O6/c1-17-11-23(26(16-30-17)39-22-7-5-21(34)6-8-22)18-9-10-33-20(12-18)15-27(32-33)31-19-13-24(36-2)28(29(35)38-4)25(14-19)37-3/h9-16,21-22,34H,5-8H2,1-4H3,(H,31,32). The van der Waals surface area contributed by atoms with Crippen LogP contribution < -0.4 is 19.5 Å². The predicted molar refractivity (Wildman–Crippen MR) is 146 cm³/mol. The number of nitrogens with one attached hydrogen (secondary N) is 1. The van der Waals surface area contributed by atoms with Gasteiger partial charge >= 0.3 is 5.97 Å². The molecule has 0 amide bonds. The lowest BCUT2D eigenvalue weighted by atomic mass is 9.95. The molecule has 0 saturated heterocycles. The lowest BCUT2D eigenvalue weighted by Gasteiger charge is -2.27. The zero-order valence-corrected chi connectivity index (χ0v) is 22.4. The van der Waals surface area contributed by atoms with Gasteiger partial charge < -0.3 is 29.4 Å². The monoisotopic (exact) mass is 532 g/mol. The topological polar surface area (TPSA) is 116 Å². The summed E-state index contributed by atoms with van der Waals surface area (Å²) in [4.78, 5) is 16.7. The summed E-state index contributed by atoms with van der Waals surface area (Å²) in [6.07, 6.45) is 6.64. The summed E-state index contributed by atoms with van der Waals surface area (Å²) in [7, 11) is 4.27. The molecular formula is C29H32N4O6. The molecule has 5 rings (SSSR count). The number of hydrogen-bond donors (Lipinski definition) is 2. The van der Waals surface area contributed by atoms with Crippen molar-refractivity contribution in [1.82, 2.24) is 14.6 Å². The van der Waals surface area contributed by atoms with Crippen LogP contribution in [0.25, 0.3) is 16.6 Å². The number of fused-ring (bicyclic) bond motifs is 1. The van der Waals surface area contributed by atoms with Crippen LogP contribution in [0.2, 0.25) is 0 Å². The highest BCUT2D eigenvalue weighted by atomic mass is 16.5. The number of ether oxygens (including phenoxy) is 4. The lowest BCUT2D eigenvalue weighted by molar-refractivity contribution is 0.0593. The van der Waals surface area contributed by atoms with Gasteiger partial charge in [0.25, 0.3) is 0 Å². The lowest BCUT2D eigenvalue weighted by Crippen LogP contribution is -2.26. The van der Waals surface area contributed by atoms with E-state index in [-0.39, 0.29) is 17.8 Å². The van der Waals surface area contributed by atoms with E-state index in [1.165, 1.54) is 21.3 Å². The van der Waals surface area contributed by atoms with Crippen LogP contribution in [0, 0.1) is 6.92 Å². The summed E-state index contributed by atoms with van der Waals surface area (Å²) in [5, 5.41) is 17.7. The number of methoxy groups -OCH3 is 3. The van der Waals surface area contributed by atoms with Gasteiger partial charge in [-0.1, -0.05) is 0 Å². The van der Waals surface area contributed by atoms with Gasteiger partial charge in [-0.25, -0.2) is 9.31 Å². The molecule has 0 atom stereocenters. The molecule has 0 spiro atoms. The van der Waals surface area contributed by atoms with E-state index in [2.05, 4.69) is 15.4 Å². The van der Waals surface area contributed by atoms with Crippen molar-refractivity contribution in [1.29, 1.82) is 0 Å². The second kappa shape index (κ2) is 11.2. The van der Waals surface area contributed by atoms with E-state index in [0.717, 1.165) is 53.8 Å².